The van der Waals surface area contributed by atoms with Gasteiger partial charge in [-0.15, -0.1) is 0 Å². The molecule has 0 fully saturated rings. The molecule has 0 radical (unpaired) electrons. The van der Waals surface area contributed by atoms with E-state index in [4.69, 9.17) is 5.73 Å². The molecular weight excluding hydrogens is 264 g/mol. The monoisotopic (exact) mass is 284 g/mol. The predicted octanol–water partition coefficient (Wildman–Crippen LogP) is 2.05. The van der Waals surface area contributed by atoms with E-state index in [0.29, 0.717) is 24.3 Å². The van der Waals surface area contributed by atoms with Gasteiger partial charge in [-0.1, -0.05) is 6.07 Å². The Balaban J connectivity index is 2.15. The maximum Gasteiger partial charge on any atom is 0.251 e. The van der Waals surface area contributed by atoms with Gasteiger partial charge in [-0.2, -0.15) is 0 Å². The Labute approximate surface area is 124 Å². The van der Waals surface area contributed by atoms with Crippen molar-refractivity contribution in [3.05, 3.63) is 53.9 Å². The molecule has 2 aromatic rings. The minimum atomic E-state index is -0.108. The highest BCUT2D eigenvalue weighted by Gasteiger charge is 2.10. The molecule has 5 nitrogen and oxygen atoms in total. The molecule has 3 N–H and O–H groups in total. The first-order valence-corrected chi connectivity index (χ1v) is 6.90. The summed E-state index contributed by atoms with van der Waals surface area (Å²) in [5.74, 6) is -0.108. The molecule has 5 heteroatoms. The first-order valence-electron chi connectivity index (χ1n) is 6.90. The fourth-order valence-corrected chi connectivity index (χ4v) is 2.13. The number of carbonyl (C=O) groups is 1. The molecule has 1 aromatic carbocycles. The maximum absolute atomic E-state index is 11.8. The normalized spacial score (nSPS) is 10.2. The van der Waals surface area contributed by atoms with Gasteiger partial charge >= 0.3 is 0 Å². The fraction of sp³-hybridized carbons (Fsp3) is 0.250. The van der Waals surface area contributed by atoms with E-state index in [1.807, 2.05) is 43.1 Å². The standard InChI is InChI=1S/C16H20N4O/c1-3-18-16(21)12-7-8-15(14(17)10-12)20(2)11-13-6-4-5-9-19-13/h4-10H,3,11,17H2,1-2H3,(H,18,21). The second-order valence-corrected chi connectivity index (χ2v) is 4.81. The number of benzene rings is 1. The van der Waals surface area contributed by atoms with E-state index in [1.165, 1.54) is 0 Å². The Bertz CT molecular complexity index is 613. The third kappa shape index (κ3) is 3.72. The van der Waals surface area contributed by atoms with Gasteiger partial charge < -0.3 is 16.0 Å². The Hall–Kier alpha value is -2.56. The SMILES string of the molecule is CCNC(=O)c1ccc(N(C)Cc2ccccn2)c(N)c1. The Kier molecular flexibility index (Phi) is 4.77. The van der Waals surface area contributed by atoms with Crippen LogP contribution in [0.25, 0.3) is 0 Å². The highest BCUT2D eigenvalue weighted by molar-refractivity contribution is 5.96. The quantitative estimate of drug-likeness (QED) is 0.824. The van der Waals surface area contributed by atoms with Crippen LogP contribution >= 0.6 is 0 Å². The van der Waals surface area contributed by atoms with Crippen LogP contribution in [0.3, 0.4) is 0 Å². The summed E-state index contributed by atoms with van der Waals surface area (Å²) in [5, 5.41) is 2.76. The summed E-state index contributed by atoms with van der Waals surface area (Å²) < 4.78 is 0. The number of pyridine rings is 1. The molecule has 0 aliphatic heterocycles. The number of hydrogen-bond donors (Lipinski definition) is 2. The van der Waals surface area contributed by atoms with Crippen LogP contribution < -0.4 is 16.0 Å². The molecule has 0 spiro atoms. The molecule has 0 aliphatic carbocycles. The number of anilines is 2. The molecular formula is C16H20N4O. The van der Waals surface area contributed by atoms with Crippen LogP contribution in [0.2, 0.25) is 0 Å². The molecule has 2 rings (SSSR count). The predicted molar refractivity (Wildman–Crippen MR) is 85.2 cm³/mol. The van der Waals surface area contributed by atoms with Gasteiger partial charge in [-0.05, 0) is 37.3 Å². The molecule has 1 amide bonds. The van der Waals surface area contributed by atoms with E-state index < -0.39 is 0 Å². The topological polar surface area (TPSA) is 71.2 Å². The minimum absolute atomic E-state index is 0.108. The van der Waals surface area contributed by atoms with Crippen molar-refractivity contribution < 1.29 is 4.79 Å². The zero-order chi connectivity index (χ0) is 15.2. The lowest BCUT2D eigenvalue weighted by Gasteiger charge is -2.21. The number of nitrogen functional groups attached to an aromatic ring is 1. The average molecular weight is 284 g/mol. The molecule has 1 heterocycles. The summed E-state index contributed by atoms with van der Waals surface area (Å²) >= 11 is 0. The van der Waals surface area contributed by atoms with Gasteiger partial charge in [0.05, 0.1) is 23.6 Å². The molecule has 110 valence electrons. The van der Waals surface area contributed by atoms with E-state index in [2.05, 4.69) is 10.3 Å². The van der Waals surface area contributed by atoms with Crippen LogP contribution in [0.4, 0.5) is 11.4 Å². The van der Waals surface area contributed by atoms with Crippen molar-refractivity contribution in [1.82, 2.24) is 10.3 Å². The summed E-state index contributed by atoms with van der Waals surface area (Å²) in [5.41, 5.74) is 9.07. The number of carbonyl (C=O) groups excluding carboxylic acids is 1. The van der Waals surface area contributed by atoms with Gasteiger partial charge in [0.1, 0.15) is 0 Å². The van der Waals surface area contributed by atoms with Crippen LogP contribution in [0, 0.1) is 0 Å². The van der Waals surface area contributed by atoms with E-state index in [-0.39, 0.29) is 5.91 Å². The molecule has 0 aliphatic rings. The number of rotatable bonds is 5. The Morgan fingerprint density at radius 3 is 2.76 bits per heavy atom. The lowest BCUT2D eigenvalue weighted by molar-refractivity contribution is 0.0956. The number of amides is 1. The third-order valence-corrected chi connectivity index (χ3v) is 3.16. The lowest BCUT2D eigenvalue weighted by Crippen LogP contribution is -2.23. The van der Waals surface area contributed by atoms with Crippen molar-refractivity contribution in [2.24, 2.45) is 0 Å². The summed E-state index contributed by atoms with van der Waals surface area (Å²) in [6, 6.07) is 11.2. The van der Waals surface area contributed by atoms with E-state index in [0.717, 1.165) is 11.4 Å². The van der Waals surface area contributed by atoms with Crippen molar-refractivity contribution in [3.63, 3.8) is 0 Å². The molecule has 0 saturated heterocycles. The summed E-state index contributed by atoms with van der Waals surface area (Å²) in [6.45, 7) is 3.14. The minimum Gasteiger partial charge on any atom is -0.397 e. The van der Waals surface area contributed by atoms with Crippen molar-refractivity contribution in [2.45, 2.75) is 13.5 Å². The molecule has 0 unspecified atom stereocenters. The summed E-state index contributed by atoms with van der Waals surface area (Å²) in [7, 11) is 1.95. The van der Waals surface area contributed by atoms with Crippen molar-refractivity contribution in [2.75, 3.05) is 24.2 Å². The van der Waals surface area contributed by atoms with E-state index >= 15 is 0 Å². The first-order chi connectivity index (χ1) is 10.1. The zero-order valence-corrected chi connectivity index (χ0v) is 12.3. The largest absolute Gasteiger partial charge is 0.397 e. The molecule has 21 heavy (non-hydrogen) atoms. The zero-order valence-electron chi connectivity index (χ0n) is 12.3. The van der Waals surface area contributed by atoms with E-state index in [1.54, 1.807) is 18.3 Å². The number of aromatic nitrogens is 1. The Morgan fingerprint density at radius 1 is 1.33 bits per heavy atom. The van der Waals surface area contributed by atoms with Crippen LogP contribution in [-0.4, -0.2) is 24.5 Å². The van der Waals surface area contributed by atoms with Crippen molar-refractivity contribution in [3.8, 4) is 0 Å². The second kappa shape index (κ2) is 6.74. The fourth-order valence-electron chi connectivity index (χ4n) is 2.13. The number of nitrogens with two attached hydrogens (primary N) is 1. The number of nitrogens with one attached hydrogen (secondary N) is 1. The van der Waals surface area contributed by atoms with Gasteiger partial charge in [0, 0.05) is 25.4 Å². The molecule has 1 aromatic heterocycles. The number of nitrogens with zero attached hydrogens (tertiary/aromatic N) is 2. The number of hydrogen-bond acceptors (Lipinski definition) is 4. The van der Waals surface area contributed by atoms with Crippen molar-refractivity contribution >= 4 is 17.3 Å². The van der Waals surface area contributed by atoms with Crippen LogP contribution in [0.5, 0.6) is 0 Å². The average Bonchev–Trinajstić information content (AvgIpc) is 2.48. The van der Waals surface area contributed by atoms with E-state index in [9.17, 15) is 4.79 Å². The van der Waals surface area contributed by atoms with Gasteiger partial charge in [-0.3, -0.25) is 9.78 Å². The van der Waals surface area contributed by atoms with Crippen LogP contribution in [0.15, 0.2) is 42.6 Å². The van der Waals surface area contributed by atoms with Crippen molar-refractivity contribution in [1.29, 1.82) is 0 Å². The first kappa shape index (κ1) is 14.8. The third-order valence-electron chi connectivity index (χ3n) is 3.16. The van der Waals surface area contributed by atoms with Gasteiger partial charge in [-0.25, -0.2) is 0 Å². The lowest BCUT2D eigenvalue weighted by atomic mass is 10.1. The smallest absolute Gasteiger partial charge is 0.251 e. The van der Waals surface area contributed by atoms with Crippen LogP contribution in [0.1, 0.15) is 23.0 Å². The maximum atomic E-state index is 11.8. The highest BCUT2D eigenvalue weighted by Crippen LogP contribution is 2.24. The van der Waals surface area contributed by atoms with Gasteiger partial charge in [0.25, 0.3) is 5.91 Å². The second-order valence-electron chi connectivity index (χ2n) is 4.81. The highest BCUT2D eigenvalue weighted by atomic mass is 16.1. The van der Waals surface area contributed by atoms with Gasteiger partial charge in [0.15, 0.2) is 0 Å². The summed E-state index contributed by atoms with van der Waals surface area (Å²) in [4.78, 5) is 18.1. The molecule has 0 saturated carbocycles. The van der Waals surface area contributed by atoms with Crippen LogP contribution in [-0.2, 0) is 6.54 Å². The molecule has 0 bridgehead atoms. The molecule has 0 atom stereocenters. The Morgan fingerprint density at radius 2 is 2.14 bits per heavy atom. The van der Waals surface area contributed by atoms with Gasteiger partial charge in [0.2, 0.25) is 0 Å². The summed E-state index contributed by atoms with van der Waals surface area (Å²) in [6.07, 6.45) is 1.77.